The summed E-state index contributed by atoms with van der Waals surface area (Å²) in [6, 6.07) is 4.63. The maximum atomic E-state index is 14.4. The van der Waals surface area contributed by atoms with Crippen molar-refractivity contribution < 1.29 is 68.1 Å². The van der Waals surface area contributed by atoms with Gasteiger partial charge in [-0.05, 0) is 77.4 Å². The van der Waals surface area contributed by atoms with E-state index in [1.54, 1.807) is 45.8 Å². The van der Waals surface area contributed by atoms with Crippen LogP contribution in [-0.4, -0.2) is 139 Å². The number of anilines is 2. The lowest BCUT2D eigenvalue weighted by molar-refractivity contribution is -0.148. The van der Waals surface area contributed by atoms with E-state index in [1.807, 2.05) is 0 Å². The number of benzene rings is 2. The summed E-state index contributed by atoms with van der Waals surface area (Å²) in [5, 5.41) is 48.8. The number of nitrogens with two attached hydrogens (primary N) is 1. The fourth-order valence-electron chi connectivity index (χ4n) is 7.92. The molecule has 3 aliphatic carbocycles. The number of amides is 3. The summed E-state index contributed by atoms with van der Waals surface area (Å²) in [5.41, 5.74) is 0.491. The lowest BCUT2D eigenvalue weighted by atomic mass is 9.58. The Hall–Kier alpha value is -6.34. The fraction of sp³-hybridized carbons (Fsp3) is 0.450. The van der Waals surface area contributed by atoms with E-state index in [0.717, 1.165) is 4.90 Å². The molecule has 4 atom stereocenters. The summed E-state index contributed by atoms with van der Waals surface area (Å²) < 4.78 is 20.6. The van der Waals surface area contributed by atoms with E-state index < -0.39 is 101 Å². The van der Waals surface area contributed by atoms with Crippen molar-refractivity contribution in [2.24, 2.45) is 17.6 Å². The molecule has 0 heterocycles. The van der Waals surface area contributed by atoms with Crippen molar-refractivity contribution in [2.75, 3.05) is 66.0 Å². The van der Waals surface area contributed by atoms with E-state index in [4.69, 9.17) is 24.7 Å². The first-order valence-corrected chi connectivity index (χ1v) is 18.3. The van der Waals surface area contributed by atoms with E-state index >= 15 is 0 Å². The van der Waals surface area contributed by atoms with Gasteiger partial charge in [0, 0.05) is 42.9 Å². The normalized spacial score (nSPS) is 21.2. The maximum absolute atomic E-state index is 14.4. The quantitative estimate of drug-likeness (QED) is 0.0821. The van der Waals surface area contributed by atoms with Crippen LogP contribution in [0.1, 0.15) is 53.5 Å². The van der Waals surface area contributed by atoms with Gasteiger partial charge >= 0.3 is 12.1 Å². The van der Waals surface area contributed by atoms with E-state index in [9.17, 15) is 49.2 Å². The summed E-state index contributed by atoms with van der Waals surface area (Å²) in [5.74, 6) is -9.13. The van der Waals surface area contributed by atoms with Crippen LogP contribution in [0.3, 0.4) is 0 Å². The van der Waals surface area contributed by atoms with Crippen molar-refractivity contribution in [1.82, 2.24) is 9.80 Å². The highest BCUT2D eigenvalue weighted by Crippen LogP contribution is 2.54. The van der Waals surface area contributed by atoms with Crippen LogP contribution in [0.2, 0.25) is 0 Å². The highest BCUT2D eigenvalue weighted by atomic mass is 16.7. The molecule has 0 saturated carbocycles. The van der Waals surface area contributed by atoms with Crippen molar-refractivity contribution >= 4 is 46.8 Å². The number of likely N-dealkylation sites (N-methyl/N-ethyl adjacent to an activating group) is 1. The molecule has 0 saturated heterocycles. The van der Waals surface area contributed by atoms with Crippen LogP contribution in [0, 0.1) is 11.8 Å². The molecule has 59 heavy (non-hydrogen) atoms. The zero-order valence-corrected chi connectivity index (χ0v) is 34.2. The molecule has 7 N–H and O–H groups in total. The number of phenols is 1. The Bertz CT molecular complexity index is 2170. The van der Waals surface area contributed by atoms with Crippen LogP contribution in [0.4, 0.5) is 16.2 Å². The number of carbonyl (C=O) groups is 6. The Morgan fingerprint density at radius 2 is 1.56 bits per heavy atom. The Morgan fingerprint density at radius 1 is 0.949 bits per heavy atom. The van der Waals surface area contributed by atoms with Crippen LogP contribution in [0.25, 0.3) is 0 Å². The minimum absolute atomic E-state index is 0.0173. The van der Waals surface area contributed by atoms with Crippen molar-refractivity contribution in [1.29, 1.82) is 0 Å². The number of esters is 1. The van der Waals surface area contributed by atoms with E-state index in [2.05, 4.69) is 5.32 Å². The van der Waals surface area contributed by atoms with Gasteiger partial charge in [-0.2, -0.15) is 0 Å². The molecule has 2 aromatic carbocycles. The molecule has 0 fully saturated rings. The Morgan fingerprint density at radius 3 is 2.08 bits per heavy atom. The summed E-state index contributed by atoms with van der Waals surface area (Å²) in [4.78, 5) is 84.1. The molecule has 0 aromatic heterocycles. The molecular weight excluding hydrogens is 774 g/mol. The lowest BCUT2D eigenvalue weighted by Gasteiger charge is -2.50. The second-order valence-corrected chi connectivity index (χ2v) is 15.9. The van der Waals surface area contributed by atoms with Gasteiger partial charge in [-0.1, -0.05) is 0 Å². The number of rotatable bonds is 11. The third-order valence-electron chi connectivity index (χ3n) is 10.7. The summed E-state index contributed by atoms with van der Waals surface area (Å²) in [6.07, 6.45) is -1.12. The van der Waals surface area contributed by atoms with Crippen LogP contribution >= 0.6 is 0 Å². The molecule has 0 spiro atoms. The number of aromatic hydroxyl groups is 1. The number of ether oxygens (including phenoxy) is 4. The predicted octanol–water partition coefficient (Wildman–Crippen LogP) is 2.19. The standard InChI is InChI=1S/C40H49N5O14/c1-39(2,3)45(38(54)59-17-58-37(53)19-10-20(56-8)14-21(11-19)57-9)16-26(46)42-24-15-25(43(4)5)22-12-18-13-23-30(44(6)7)33(49)29(36(41)52)35(51)40(23,55)34(50)27(18)32(48)28(22)31(24)47/h10-11,14-15,18,23,30,47,49-50,55H,12-13,16-17H2,1-9H3,(H2,41,52)(H,42,46)/t18-,23-,30-,40-/m0/s1. The van der Waals surface area contributed by atoms with Crippen LogP contribution in [0.15, 0.2) is 46.9 Å². The van der Waals surface area contributed by atoms with E-state index in [-0.39, 0.29) is 35.2 Å². The fourth-order valence-corrected chi connectivity index (χ4v) is 7.92. The number of ketones is 2. The summed E-state index contributed by atoms with van der Waals surface area (Å²) in [6.45, 7) is 3.42. The van der Waals surface area contributed by atoms with Crippen molar-refractivity contribution in [2.45, 2.75) is 50.8 Å². The van der Waals surface area contributed by atoms with Gasteiger partial charge < -0.3 is 55.3 Å². The molecule has 0 bridgehead atoms. The summed E-state index contributed by atoms with van der Waals surface area (Å²) in [7, 11) is 9.21. The first-order chi connectivity index (χ1) is 27.5. The maximum Gasteiger partial charge on any atom is 0.413 e. The number of aliphatic hydroxyl groups excluding tert-OH is 2. The SMILES string of the molecule is COc1cc(OC)cc(C(=O)OCOC(=O)N(CC(=O)Nc2cc(N(C)C)c3c(c2O)C(=O)C2=C(O)[C@]4(O)C(=O)C(C(N)=O)=C(O)[C@@H](N(C)C)[C@@H]4C[C@@H]2C3)C(C)(C)C)c1. The number of hydrogen-bond acceptors (Lipinski definition) is 16. The van der Waals surface area contributed by atoms with Gasteiger partial charge in [0.2, 0.25) is 18.5 Å². The van der Waals surface area contributed by atoms with Crippen LogP contribution in [-0.2, 0) is 30.3 Å². The number of hydrogen-bond donors (Lipinski definition) is 6. The number of aliphatic hydroxyl groups is 3. The minimum Gasteiger partial charge on any atom is -0.510 e. The average molecular weight is 824 g/mol. The first-order valence-electron chi connectivity index (χ1n) is 18.3. The number of fused-ring (bicyclic) bond motifs is 3. The van der Waals surface area contributed by atoms with E-state index in [0.29, 0.717) is 22.7 Å². The second kappa shape index (κ2) is 16.1. The van der Waals surface area contributed by atoms with Gasteiger partial charge in [0.15, 0.2) is 17.1 Å². The lowest BCUT2D eigenvalue weighted by Crippen LogP contribution is -2.63. The molecule has 3 aliphatic rings. The molecule has 19 heteroatoms. The van der Waals surface area contributed by atoms with Gasteiger partial charge in [0.05, 0.1) is 37.1 Å². The minimum atomic E-state index is -2.83. The second-order valence-electron chi connectivity index (χ2n) is 15.9. The third kappa shape index (κ3) is 7.82. The third-order valence-corrected chi connectivity index (χ3v) is 10.7. The van der Waals surface area contributed by atoms with Crippen LogP contribution < -0.4 is 25.4 Å². The number of allylic oxidation sites excluding steroid dienone is 1. The Balaban J connectivity index is 1.42. The number of phenolic OH excluding ortho intramolecular Hbond substituents is 1. The Kier molecular flexibility index (Phi) is 12.0. The number of Topliss-reactive ketones (excluding diaryl/α,β-unsaturated/α-hetero) is 2. The molecule has 5 rings (SSSR count). The molecule has 3 amide bonds. The topological polar surface area (TPSA) is 268 Å². The Labute approximate surface area is 339 Å². The predicted molar refractivity (Wildman–Crippen MR) is 209 cm³/mol. The largest absolute Gasteiger partial charge is 0.510 e. The molecule has 0 aliphatic heterocycles. The molecule has 0 unspecified atom stereocenters. The highest BCUT2D eigenvalue weighted by Gasteiger charge is 2.63. The number of methoxy groups -OCH3 is 2. The average Bonchev–Trinajstić information content (AvgIpc) is 3.15. The molecule has 318 valence electrons. The van der Waals surface area contributed by atoms with Gasteiger partial charge in [0.25, 0.3) is 5.91 Å². The molecule has 2 aromatic rings. The molecule has 19 nitrogen and oxygen atoms in total. The number of nitrogens with one attached hydrogen (secondary N) is 1. The van der Waals surface area contributed by atoms with Gasteiger partial charge in [-0.3, -0.25) is 29.0 Å². The van der Waals surface area contributed by atoms with Crippen molar-refractivity contribution in [3.05, 3.63) is 63.6 Å². The monoisotopic (exact) mass is 823 g/mol. The molecular formula is C40H49N5O14. The van der Waals surface area contributed by atoms with Gasteiger partial charge in [-0.15, -0.1) is 0 Å². The van der Waals surface area contributed by atoms with Gasteiger partial charge in [0.1, 0.15) is 35.1 Å². The van der Waals surface area contributed by atoms with Crippen molar-refractivity contribution in [3.8, 4) is 17.2 Å². The number of carbonyl (C=O) groups excluding carboxylic acids is 6. The highest BCUT2D eigenvalue weighted by molar-refractivity contribution is 6.25. The molecule has 0 radical (unpaired) electrons. The van der Waals surface area contributed by atoms with E-state index in [1.165, 1.54) is 51.4 Å². The number of nitrogens with zero attached hydrogens (tertiary/aromatic N) is 3. The zero-order valence-electron chi connectivity index (χ0n) is 34.2. The van der Waals surface area contributed by atoms with Gasteiger partial charge in [-0.25, -0.2) is 9.59 Å². The summed E-state index contributed by atoms with van der Waals surface area (Å²) >= 11 is 0. The number of primary amides is 1. The first kappa shape index (κ1) is 43.8. The zero-order chi connectivity index (χ0) is 44.0. The van der Waals surface area contributed by atoms with Crippen LogP contribution in [0.5, 0.6) is 17.2 Å². The van der Waals surface area contributed by atoms with Crippen molar-refractivity contribution in [3.63, 3.8) is 0 Å². The smallest absolute Gasteiger partial charge is 0.413 e.